The van der Waals surface area contributed by atoms with Gasteiger partial charge in [-0.25, -0.2) is 0 Å². The molecule has 0 heterocycles. The highest BCUT2D eigenvalue weighted by Gasteiger charge is 2.12. The van der Waals surface area contributed by atoms with Gasteiger partial charge in [-0.15, -0.1) is 0 Å². The van der Waals surface area contributed by atoms with Crippen molar-refractivity contribution in [3.63, 3.8) is 0 Å². The Hall–Kier alpha value is -0.910. The molecule has 0 saturated heterocycles. The smallest absolute Gasteiger partial charge is 0.317 e. The van der Waals surface area contributed by atoms with Crippen LogP contribution in [0.15, 0.2) is 11.6 Å². The van der Waals surface area contributed by atoms with Crippen molar-refractivity contribution in [2.24, 2.45) is 5.73 Å². The summed E-state index contributed by atoms with van der Waals surface area (Å²) in [7, 11) is 0. The van der Waals surface area contributed by atoms with Crippen LogP contribution in [0.1, 0.15) is 13.8 Å². The van der Waals surface area contributed by atoms with Crippen molar-refractivity contribution in [2.75, 3.05) is 6.54 Å². The van der Waals surface area contributed by atoms with Crippen LogP contribution in [0.2, 0.25) is 0 Å². The molecule has 0 saturated carbocycles. The maximum absolute atomic E-state index is 10.1. The van der Waals surface area contributed by atoms with Crippen molar-refractivity contribution < 1.29 is 15.0 Å². The lowest BCUT2D eigenvalue weighted by Crippen LogP contribution is -2.45. The summed E-state index contributed by atoms with van der Waals surface area (Å²) in [6.07, 6.45) is 0.644. The zero-order chi connectivity index (χ0) is 10.4. The van der Waals surface area contributed by atoms with Gasteiger partial charge in [0.1, 0.15) is 6.23 Å². The van der Waals surface area contributed by atoms with E-state index in [1.807, 2.05) is 13.8 Å². The van der Waals surface area contributed by atoms with Gasteiger partial charge in [0.2, 0.25) is 0 Å². The summed E-state index contributed by atoms with van der Waals surface area (Å²) in [5, 5.41) is 19.9. The van der Waals surface area contributed by atoms with Gasteiger partial charge in [0.05, 0.1) is 12.6 Å². The molecule has 0 aliphatic heterocycles. The standard InChI is InChI=1S/C8H16N2O3/c1-5(2)3-6(9)8(13)10-4-7(11)12/h3,6,8,10,13H,4,9H2,1-2H3,(H,11,12)/t6-,8?/m0/s1. The molecule has 0 amide bonds. The molecule has 0 rings (SSSR count). The second-order valence-electron chi connectivity index (χ2n) is 3.04. The summed E-state index contributed by atoms with van der Waals surface area (Å²) >= 11 is 0. The maximum Gasteiger partial charge on any atom is 0.317 e. The molecule has 0 fully saturated rings. The summed E-state index contributed by atoms with van der Waals surface area (Å²) in [6, 6.07) is -0.579. The Morgan fingerprint density at radius 2 is 2.15 bits per heavy atom. The van der Waals surface area contributed by atoms with E-state index in [-0.39, 0.29) is 6.54 Å². The number of hydrogen-bond acceptors (Lipinski definition) is 4. The molecule has 0 aliphatic carbocycles. The molecule has 76 valence electrons. The summed E-state index contributed by atoms with van der Waals surface area (Å²) in [6.45, 7) is 3.40. The lowest BCUT2D eigenvalue weighted by Gasteiger charge is -2.16. The minimum Gasteiger partial charge on any atom is -0.480 e. The number of carbonyl (C=O) groups is 1. The van der Waals surface area contributed by atoms with Crippen molar-refractivity contribution in [1.29, 1.82) is 0 Å². The molecular weight excluding hydrogens is 172 g/mol. The molecule has 1 unspecified atom stereocenters. The van der Waals surface area contributed by atoms with Crippen molar-refractivity contribution in [1.82, 2.24) is 5.32 Å². The summed E-state index contributed by atoms with van der Waals surface area (Å²) < 4.78 is 0. The number of rotatable bonds is 5. The number of carboxylic acid groups (broad SMARTS) is 1. The number of hydrogen-bond donors (Lipinski definition) is 4. The third kappa shape index (κ3) is 6.27. The number of allylic oxidation sites excluding steroid dienone is 1. The molecule has 0 aliphatic rings. The molecule has 0 aromatic carbocycles. The average Bonchev–Trinajstić information content (AvgIpc) is 1.98. The lowest BCUT2D eigenvalue weighted by molar-refractivity contribution is -0.136. The van der Waals surface area contributed by atoms with Crippen LogP contribution in [-0.4, -0.2) is 35.0 Å². The van der Waals surface area contributed by atoms with E-state index in [4.69, 9.17) is 10.8 Å². The van der Waals surface area contributed by atoms with Crippen molar-refractivity contribution in [2.45, 2.75) is 26.1 Å². The van der Waals surface area contributed by atoms with E-state index in [0.29, 0.717) is 0 Å². The fourth-order valence-electron chi connectivity index (χ4n) is 0.804. The first-order valence-electron chi connectivity index (χ1n) is 3.97. The Bertz CT molecular complexity index is 200. The normalized spacial score (nSPS) is 14.8. The largest absolute Gasteiger partial charge is 0.480 e. The van der Waals surface area contributed by atoms with Gasteiger partial charge in [0.25, 0.3) is 0 Å². The van der Waals surface area contributed by atoms with Gasteiger partial charge >= 0.3 is 5.97 Å². The molecule has 5 nitrogen and oxygen atoms in total. The van der Waals surface area contributed by atoms with E-state index in [9.17, 15) is 9.90 Å². The predicted molar refractivity (Wildman–Crippen MR) is 49.1 cm³/mol. The molecule has 0 bridgehead atoms. The first-order chi connectivity index (χ1) is 5.93. The Kier molecular flexibility index (Phi) is 5.29. The third-order valence-corrected chi connectivity index (χ3v) is 1.35. The Labute approximate surface area is 77.2 Å². The second kappa shape index (κ2) is 5.69. The average molecular weight is 188 g/mol. The van der Waals surface area contributed by atoms with E-state index >= 15 is 0 Å². The van der Waals surface area contributed by atoms with Crippen LogP contribution >= 0.6 is 0 Å². The Morgan fingerprint density at radius 1 is 1.62 bits per heavy atom. The Morgan fingerprint density at radius 3 is 2.54 bits per heavy atom. The minimum atomic E-state index is -1.02. The van der Waals surface area contributed by atoms with Crippen molar-refractivity contribution >= 4 is 5.97 Å². The van der Waals surface area contributed by atoms with Gasteiger partial charge in [-0.1, -0.05) is 11.6 Å². The Balaban J connectivity index is 3.89. The highest BCUT2D eigenvalue weighted by molar-refractivity contribution is 5.69. The highest BCUT2D eigenvalue weighted by Crippen LogP contribution is 1.94. The van der Waals surface area contributed by atoms with Crippen LogP contribution in [-0.2, 0) is 4.79 Å². The number of aliphatic hydroxyl groups excluding tert-OH is 1. The molecule has 13 heavy (non-hydrogen) atoms. The van der Waals surface area contributed by atoms with E-state index in [1.165, 1.54) is 0 Å². The molecule has 0 spiro atoms. The van der Waals surface area contributed by atoms with E-state index in [2.05, 4.69) is 5.32 Å². The third-order valence-electron chi connectivity index (χ3n) is 1.35. The molecule has 0 aromatic heterocycles. The molecule has 5 heteroatoms. The van der Waals surface area contributed by atoms with Gasteiger partial charge in [0, 0.05) is 0 Å². The molecular formula is C8H16N2O3. The van der Waals surface area contributed by atoms with E-state index in [0.717, 1.165) is 5.57 Å². The topological polar surface area (TPSA) is 95.6 Å². The van der Waals surface area contributed by atoms with Crippen molar-refractivity contribution in [3.8, 4) is 0 Å². The number of nitrogens with one attached hydrogen (secondary N) is 1. The SMILES string of the molecule is CC(C)=C[C@H](N)C(O)NCC(=O)O. The highest BCUT2D eigenvalue weighted by atomic mass is 16.4. The maximum atomic E-state index is 10.1. The van der Waals surface area contributed by atoms with Crippen LogP contribution < -0.4 is 11.1 Å². The first-order valence-corrected chi connectivity index (χ1v) is 3.97. The molecule has 2 atom stereocenters. The number of carboxylic acids is 1. The van der Waals surface area contributed by atoms with Gasteiger partial charge in [-0.3, -0.25) is 10.1 Å². The summed E-state index contributed by atoms with van der Waals surface area (Å²) in [5.41, 5.74) is 6.50. The van der Waals surface area contributed by atoms with Crippen LogP contribution in [0.5, 0.6) is 0 Å². The fourth-order valence-corrected chi connectivity index (χ4v) is 0.804. The number of aliphatic hydroxyl groups is 1. The molecule has 0 radical (unpaired) electrons. The summed E-state index contributed by atoms with van der Waals surface area (Å²) in [4.78, 5) is 10.1. The van der Waals surface area contributed by atoms with E-state index in [1.54, 1.807) is 6.08 Å². The van der Waals surface area contributed by atoms with Crippen LogP contribution in [0.4, 0.5) is 0 Å². The van der Waals surface area contributed by atoms with Gasteiger partial charge in [-0.2, -0.15) is 0 Å². The number of aliphatic carboxylic acids is 1. The molecule has 5 N–H and O–H groups in total. The first kappa shape index (κ1) is 12.1. The van der Waals surface area contributed by atoms with Crippen LogP contribution in [0.3, 0.4) is 0 Å². The summed E-state index contributed by atoms with van der Waals surface area (Å²) in [5.74, 6) is -1.02. The zero-order valence-corrected chi connectivity index (χ0v) is 7.82. The van der Waals surface area contributed by atoms with Crippen LogP contribution in [0, 0.1) is 0 Å². The lowest BCUT2D eigenvalue weighted by atomic mass is 10.2. The predicted octanol–water partition coefficient (Wildman–Crippen LogP) is -0.727. The van der Waals surface area contributed by atoms with E-state index < -0.39 is 18.2 Å². The second-order valence-corrected chi connectivity index (χ2v) is 3.04. The molecule has 0 aromatic rings. The van der Waals surface area contributed by atoms with Gasteiger partial charge in [-0.05, 0) is 13.8 Å². The van der Waals surface area contributed by atoms with Gasteiger partial charge in [0.15, 0.2) is 0 Å². The monoisotopic (exact) mass is 188 g/mol. The number of nitrogens with two attached hydrogens (primary N) is 1. The fraction of sp³-hybridized carbons (Fsp3) is 0.625. The van der Waals surface area contributed by atoms with Crippen LogP contribution in [0.25, 0.3) is 0 Å². The van der Waals surface area contributed by atoms with Gasteiger partial charge < -0.3 is 15.9 Å². The minimum absolute atomic E-state index is 0.300. The zero-order valence-electron chi connectivity index (χ0n) is 7.82. The van der Waals surface area contributed by atoms with Crippen molar-refractivity contribution in [3.05, 3.63) is 11.6 Å². The quantitative estimate of drug-likeness (QED) is 0.337.